The molecule has 1 saturated carbocycles. The van der Waals surface area contributed by atoms with Crippen LogP contribution in [0.3, 0.4) is 0 Å². The molecular weight excluding hydrogens is 226 g/mol. The Labute approximate surface area is 108 Å². The standard InChI is InChI=1S/C14H21N3O/c15-9-12-5-6-13(17-10-12)14(18)16-8-7-11-3-1-2-4-11/h5-6,10-11H,1-4,7-9,15H2,(H,16,18). The molecule has 0 unspecified atom stereocenters. The minimum atomic E-state index is -0.0865. The largest absolute Gasteiger partial charge is 0.351 e. The third-order valence-electron chi connectivity index (χ3n) is 3.61. The Morgan fingerprint density at radius 1 is 1.39 bits per heavy atom. The number of carbonyl (C=O) groups is 1. The molecule has 4 heteroatoms. The lowest BCUT2D eigenvalue weighted by molar-refractivity contribution is 0.0946. The number of pyridine rings is 1. The van der Waals surface area contributed by atoms with E-state index in [2.05, 4.69) is 10.3 Å². The average Bonchev–Trinajstić information content (AvgIpc) is 2.92. The molecule has 3 N–H and O–H groups in total. The van der Waals surface area contributed by atoms with Crippen LogP contribution in [0.4, 0.5) is 0 Å². The lowest BCUT2D eigenvalue weighted by Crippen LogP contribution is -2.26. The molecule has 1 aliphatic carbocycles. The van der Waals surface area contributed by atoms with Gasteiger partial charge in [0.25, 0.3) is 5.91 Å². The van der Waals surface area contributed by atoms with Crippen LogP contribution in [0.5, 0.6) is 0 Å². The Balaban J connectivity index is 1.76. The van der Waals surface area contributed by atoms with Gasteiger partial charge in [0, 0.05) is 19.3 Å². The molecule has 2 rings (SSSR count). The lowest BCUT2D eigenvalue weighted by atomic mass is 10.0. The first kappa shape index (κ1) is 13.0. The molecule has 0 aromatic carbocycles. The Morgan fingerprint density at radius 2 is 2.17 bits per heavy atom. The summed E-state index contributed by atoms with van der Waals surface area (Å²) in [7, 11) is 0. The van der Waals surface area contributed by atoms with Crippen LogP contribution >= 0.6 is 0 Å². The van der Waals surface area contributed by atoms with Gasteiger partial charge in [0.2, 0.25) is 0 Å². The molecule has 1 heterocycles. The number of nitrogens with one attached hydrogen (secondary N) is 1. The van der Waals surface area contributed by atoms with Gasteiger partial charge in [-0.15, -0.1) is 0 Å². The van der Waals surface area contributed by atoms with Crippen LogP contribution in [0.2, 0.25) is 0 Å². The summed E-state index contributed by atoms with van der Waals surface area (Å²) in [5, 5.41) is 2.93. The van der Waals surface area contributed by atoms with Gasteiger partial charge in [0.05, 0.1) is 0 Å². The van der Waals surface area contributed by atoms with E-state index in [0.717, 1.165) is 24.4 Å². The highest BCUT2D eigenvalue weighted by atomic mass is 16.1. The molecule has 1 aliphatic rings. The summed E-state index contributed by atoms with van der Waals surface area (Å²) in [6, 6.07) is 3.58. The van der Waals surface area contributed by atoms with Crippen molar-refractivity contribution in [1.82, 2.24) is 10.3 Å². The van der Waals surface area contributed by atoms with Crippen LogP contribution in [0.1, 0.15) is 48.2 Å². The van der Waals surface area contributed by atoms with Gasteiger partial charge in [-0.3, -0.25) is 9.78 Å². The zero-order valence-electron chi connectivity index (χ0n) is 10.7. The number of amides is 1. The van der Waals surface area contributed by atoms with Gasteiger partial charge in [-0.25, -0.2) is 0 Å². The number of hydrogen-bond acceptors (Lipinski definition) is 3. The first-order chi connectivity index (χ1) is 8.79. The summed E-state index contributed by atoms with van der Waals surface area (Å²) in [6.07, 6.45) is 8.08. The van der Waals surface area contributed by atoms with Gasteiger partial charge in [-0.2, -0.15) is 0 Å². The minimum Gasteiger partial charge on any atom is -0.351 e. The number of carbonyl (C=O) groups excluding carboxylic acids is 1. The Morgan fingerprint density at radius 3 is 2.78 bits per heavy atom. The molecule has 1 aromatic rings. The number of nitrogens with zero attached hydrogens (tertiary/aromatic N) is 1. The van der Waals surface area contributed by atoms with Crippen molar-refractivity contribution in [2.75, 3.05) is 6.54 Å². The van der Waals surface area contributed by atoms with Crippen molar-refractivity contribution in [3.63, 3.8) is 0 Å². The van der Waals surface area contributed by atoms with E-state index in [1.54, 1.807) is 12.3 Å². The van der Waals surface area contributed by atoms with E-state index in [1.165, 1.54) is 25.7 Å². The second-order valence-corrected chi connectivity index (χ2v) is 4.95. The van der Waals surface area contributed by atoms with Crippen molar-refractivity contribution in [3.05, 3.63) is 29.6 Å². The lowest BCUT2D eigenvalue weighted by Gasteiger charge is -2.09. The highest BCUT2D eigenvalue weighted by molar-refractivity contribution is 5.92. The number of aromatic nitrogens is 1. The summed E-state index contributed by atoms with van der Waals surface area (Å²) in [5.41, 5.74) is 6.90. The van der Waals surface area contributed by atoms with E-state index in [-0.39, 0.29) is 5.91 Å². The van der Waals surface area contributed by atoms with E-state index in [4.69, 9.17) is 5.73 Å². The van der Waals surface area contributed by atoms with Crippen molar-refractivity contribution in [2.24, 2.45) is 11.7 Å². The van der Waals surface area contributed by atoms with Crippen LogP contribution < -0.4 is 11.1 Å². The van der Waals surface area contributed by atoms with Gasteiger partial charge < -0.3 is 11.1 Å². The maximum Gasteiger partial charge on any atom is 0.269 e. The SMILES string of the molecule is NCc1ccc(C(=O)NCCC2CCCC2)nc1. The molecule has 0 bridgehead atoms. The Kier molecular flexibility index (Phi) is 4.70. The predicted molar refractivity (Wildman–Crippen MR) is 71.0 cm³/mol. The normalized spacial score (nSPS) is 15.8. The molecule has 0 atom stereocenters. The predicted octanol–water partition coefficient (Wildman–Crippen LogP) is 1.85. The smallest absolute Gasteiger partial charge is 0.269 e. The quantitative estimate of drug-likeness (QED) is 0.834. The molecule has 1 amide bonds. The molecule has 0 aliphatic heterocycles. The molecule has 18 heavy (non-hydrogen) atoms. The van der Waals surface area contributed by atoms with Gasteiger partial charge in [-0.05, 0) is 24.0 Å². The highest BCUT2D eigenvalue weighted by Crippen LogP contribution is 2.26. The third-order valence-corrected chi connectivity index (χ3v) is 3.61. The van der Waals surface area contributed by atoms with E-state index >= 15 is 0 Å². The minimum absolute atomic E-state index is 0.0865. The maximum absolute atomic E-state index is 11.8. The van der Waals surface area contributed by atoms with Crippen LogP contribution in [0.25, 0.3) is 0 Å². The number of rotatable bonds is 5. The Hall–Kier alpha value is -1.42. The molecule has 0 saturated heterocycles. The summed E-state index contributed by atoms with van der Waals surface area (Å²) >= 11 is 0. The van der Waals surface area contributed by atoms with Gasteiger partial charge in [-0.1, -0.05) is 31.7 Å². The van der Waals surface area contributed by atoms with E-state index in [1.807, 2.05) is 6.07 Å². The fourth-order valence-electron chi connectivity index (χ4n) is 2.46. The molecule has 98 valence electrons. The zero-order chi connectivity index (χ0) is 12.8. The zero-order valence-corrected chi connectivity index (χ0v) is 10.7. The third kappa shape index (κ3) is 3.53. The van der Waals surface area contributed by atoms with Crippen molar-refractivity contribution < 1.29 is 4.79 Å². The van der Waals surface area contributed by atoms with Crippen LogP contribution in [-0.2, 0) is 6.54 Å². The van der Waals surface area contributed by atoms with Crippen molar-refractivity contribution in [2.45, 2.75) is 38.6 Å². The van der Waals surface area contributed by atoms with Crippen molar-refractivity contribution in [3.8, 4) is 0 Å². The summed E-state index contributed by atoms with van der Waals surface area (Å²) in [6.45, 7) is 1.21. The van der Waals surface area contributed by atoms with Crippen molar-refractivity contribution in [1.29, 1.82) is 0 Å². The van der Waals surface area contributed by atoms with Gasteiger partial charge in [0.15, 0.2) is 0 Å². The first-order valence-corrected chi connectivity index (χ1v) is 6.73. The monoisotopic (exact) mass is 247 g/mol. The number of nitrogens with two attached hydrogens (primary N) is 1. The highest BCUT2D eigenvalue weighted by Gasteiger charge is 2.15. The molecular formula is C14H21N3O. The summed E-state index contributed by atoms with van der Waals surface area (Å²) in [4.78, 5) is 15.9. The fourth-order valence-corrected chi connectivity index (χ4v) is 2.46. The number of hydrogen-bond donors (Lipinski definition) is 2. The second-order valence-electron chi connectivity index (χ2n) is 4.95. The molecule has 1 aromatic heterocycles. The van der Waals surface area contributed by atoms with Crippen molar-refractivity contribution >= 4 is 5.91 Å². The van der Waals surface area contributed by atoms with Crippen LogP contribution in [0.15, 0.2) is 18.3 Å². The molecule has 1 fully saturated rings. The van der Waals surface area contributed by atoms with E-state index < -0.39 is 0 Å². The topological polar surface area (TPSA) is 68.0 Å². The van der Waals surface area contributed by atoms with Crippen LogP contribution in [0, 0.1) is 5.92 Å². The molecule has 0 spiro atoms. The maximum atomic E-state index is 11.8. The van der Waals surface area contributed by atoms with Gasteiger partial charge in [0.1, 0.15) is 5.69 Å². The van der Waals surface area contributed by atoms with Gasteiger partial charge >= 0.3 is 0 Å². The second kappa shape index (κ2) is 6.50. The van der Waals surface area contributed by atoms with E-state index in [0.29, 0.717) is 12.2 Å². The molecule has 0 radical (unpaired) electrons. The molecule has 4 nitrogen and oxygen atoms in total. The fraction of sp³-hybridized carbons (Fsp3) is 0.571. The Bertz CT molecular complexity index is 383. The first-order valence-electron chi connectivity index (χ1n) is 6.73. The average molecular weight is 247 g/mol. The van der Waals surface area contributed by atoms with Crippen LogP contribution in [-0.4, -0.2) is 17.4 Å². The summed E-state index contributed by atoms with van der Waals surface area (Å²) in [5.74, 6) is 0.717. The summed E-state index contributed by atoms with van der Waals surface area (Å²) < 4.78 is 0. The van der Waals surface area contributed by atoms with E-state index in [9.17, 15) is 4.79 Å².